The number of alkyl carbamates (subject to hydrolysis) is 1. The lowest BCUT2D eigenvalue weighted by molar-refractivity contribution is -0.154. The molecule has 0 aliphatic carbocycles. The first-order valence-corrected chi connectivity index (χ1v) is 16.0. The fourth-order valence-corrected chi connectivity index (χ4v) is 4.83. The second-order valence-electron chi connectivity index (χ2n) is 10.5. The van der Waals surface area contributed by atoms with Crippen molar-refractivity contribution in [2.45, 2.75) is 83.5 Å². The topological polar surface area (TPSA) is 109 Å². The van der Waals surface area contributed by atoms with E-state index in [2.05, 4.69) is 39.2 Å². The number of nitrogens with one attached hydrogen (secondary N) is 1. The highest BCUT2D eigenvalue weighted by Crippen LogP contribution is 2.38. The Morgan fingerprint density at radius 2 is 1.79 bits per heavy atom. The number of carbonyl (C=O) groups excluding carboxylic acids is 1. The maximum Gasteiger partial charge on any atom is 0.407 e. The van der Waals surface area contributed by atoms with E-state index in [4.69, 9.17) is 22.8 Å². The number of hydrogen-bond donors (Lipinski definition) is 1. The van der Waals surface area contributed by atoms with Crippen LogP contribution in [0.5, 0.6) is 0 Å². The smallest absolute Gasteiger partial charge is 0.407 e. The summed E-state index contributed by atoms with van der Waals surface area (Å²) in [6, 6.07) is 9.32. The number of amides is 1. The van der Waals surface area contributed by atoms with Crippen LogP contribution in [-0.4, -0.2) is 66.3 Å². The van der Waals surface area contributed by atoms with Gasteiger partial charge in [0, 0.05) is 6.54 Å². The summed E-state index contributed by atoms with van der Waals surface area (Å²) in [6.07, 6.45) is -2.04. The highest BCUT2D eigenvalue weighted by Gasteiger charge is 2.48. The van der Waals surface area contributed by atoms with E-state index in [9.17, 15) is 13.2 Å². The third kappa shape index (κ3) is 8.93. The second-order valence-corrected chi connectivity index (χ2v) is 16.9. The Morgan fingerprint density at radius 1 is 1.18 bits per heavy atom. The van der Waals surface area contributed by atoms with Gasteiger partial charge in [-0.1, -0.05) is 51.1 Å². The molecule has 34 heavy (non-hydrogen) atoms. The Bertz CT molecular complexity index is 915. The summed E-state index contributed by atoms with van der Waals surface area (Å²) in [6.45, 7) is 14.1. The molecule has 0 radical (unpaired) electrons. The van der Waals surface area contributed by atoms with Crippen molar-refractivity contribution in [2.75, 3.05) is 19.4 Å². The van der Waals surface area contributed by atoms with Gasteiger partial charge < -0.3 is 24.0 Å². The number of rotatable bonds is 10. The Labute approximate surface area is 204 Å². The third-order valence-electron chi connectivity index (χ3n) is 5.96. The Kier molecular flexibility index (Phi) is 9.33. The molecule has 0 bridgehead atoms. The molecule has 1 heterocycles. The minimum atomic E-state index is -3.81. The molecule has 1 fully saturated rings. The van der Waals surface area contributed by atoms with Crippen LogP contribution in [0.3, 0.4) is 0 Å². The SMILES string of the molecule is CC1(C)O[C@H]([C@@H](CO[Si](C)(C)C(C)(C)C)OS(C)(=O)=O)[C@@H](CNC(=O)OCc2ccccc2)O1. The van der Waals surface area contributed by atoms with Crippen LogP contribution in [0.15, 0.2) is 30.3 Å². The molecule has 0 aromatic heterocycles. The average molecular weight is 518 g/mol. The van der Waals surface area contributed by atoms with E-state index >= 15 is 0 Å². The van der Waals surface area contributed by atoms with E-state index in [-0.39, 0.29) is 24.8 Å². The zero-order valence-corrected chi connectivity index (χ0v) is 23.2. The molecule has 1 aromatic rings. The van der Waals surface area contributed by atoms with Crippen molar-refractivity contribution < 1.29 is 36.0 Å². The maximum atomic E-state index is 12.2. The summed E-state index contributed by atoms with van der Waals surface area (Å²) in [7, 11) is -6.00. The van der Waals surface area contributed by atoms with Gasteiger partial charge in [-0.3, -0.25) is 4.18 Å². The fraction of sp³-hybridized carbons (Fsp3) is 0.696. The van der Waals surface area contributed by atoms with Crippen LogP contribution in [-0.2, 0) is 39.5 Å². The van der Waals surface area contributed by atoms with Gasteiger partial charge in [0.2, 0.25) is 0 Å². The average Bonchev–Trinajstić information content (AvgIpc) is 3.01. The highest BCUT2D eigenvalue weighted by atomic mass is 32.2. The monoisotopic (exact) mass is 517 g/mol. The van der Waals surface area contributed by atoms with Crippen molar-refractivity contribution in [3.8, 4) is 0 Å². The molecule has 1 N–H and O–H groups in total. The third-order valence-corrected chi connectivity index (χ3v) is 11.1. The van der Waals surface area contributed by atoms with E-state index in [0.29, 0.717) is 0 Å². The molecule has 1 aliphatic rings. The van der Waals surface area contributed by atoms with Crippen molar-refractivity contribution in [2.24, 2.45) is 0 Å². The summed E-state index contributed by atoms with van der Waals surface area (Å²) in [4.78, 5) is 12.2. The molecule has 3 atom stereocenters. The van der Waals surface area contributed by atoms with Gasteiger partial charge in [-0.15, -0.1) is 0 Å². The second kappa shape index (κ2) is 11.0. The first-order chi connectivity index (χ1) is 15.5. The van der Waals surface area contributed by atoms with Crippen LogP contribution in [0.4, 0.5) is 4.79 Å². The van der Waals surface area contributed by atoms with Crippen molar-refractivity contribution in [3.63, 3.8) is 0 Å². The van der Waals surface area contributed by atoms with Gasteiger partial charge in [0.1, 0.15) is 24.9 Å². The molecule has 0 unspecified atom stereocenters. The first kappa shape index (κ1) is 28.7. The Hall–Kier alpha value is -1.50. The van der Waals surface area contributed by atoms with E-state index in [0.717, 1.165) is 11.8 Å². The van der Waals surface area contributed by atoms with Gasteiger partial charge in [-0.2, -0.15) is 8.42 Å². The lowest BCUT2D eigenvalue weighted by atomic mass is 10.1. The molecular formula is C23H39NO8SSi. The first-order valence-electron chi connectivity index (χ1n) is 11.3. The number of hydrogen-bond acceptors (Lipinski definition) is 8. The molecule has 1 aliphatic heterocycles. The van der Waals surface area contributed by atoms with Crippen LogP contribution in [0.25, 0.3) is 0 Å². The zero-order chi connectivity index (χ0) is 25.8. The molecular weight excluding hydrogens is 478 g/mol. The molecule has 1 amide bonds. The van der Waals surface area contributed by atoms with E-state index in [1.165, 1.54) is 0 Å². The van der Waals surface area contributed by atoms with Crippen LogP contribution >= 0.6 is 0 Å². The lowest BCUT2D eigenvalue weighted by Gasteiger charge is -2.38. The van der Waals surface area contributed by atoms with Crippen LogP contribution in [0, 0.1) is 0 Å². The fourth-order valence-electron chi connectivity index (χ4n) is 3.20. The zero-order valence-electron chi connectivity index (χ0n) is 21.4. The van der Waals surface area contributed by atoms with Gasteiger partial charge in [0.15, 0.2) is 14.1 Å². The van der Waals surface area contributed by atoms with Crippen LogP contribution < -0.4 is 5.32 Å². The van der Waals surface area contributed by atoms with Gasteiger partial charge in [-0.05, 0) is 37.5 Å². The van der Waals surface area contributed by atoms with Crippen molar-refractivity contribution in [1.29, 1.82) is 0 Å². The molecule has 9 nitrogen and oxygen atoms in total. The predicted octanol–water partition coefficient (Wildman–Crippen LogP) is 3.80. The minimum absolute atomic E-state index is 0.0165. The summed E-state index contributed by atoms with van der Waals surface area (Å²) < 4.78 is 52.9. The number of carbonyl (C=O) groups is 1. The predicted molar refractivity (Wildman–Crippen MR) is 131 cm³/mol. The molecule has 0 spiro atoms. The van der Waals surface area contributed by atoms with E-state index in [1.54, 1.807) is 13.8 Å². The lowest BCUT2D eigenvalue weighted by Crippen LogP contribution is -2.49. The standard InChI is InChI=1S/C23H39NO8SSi/c1-22(2,3)34(7,8)29-16-19(32-33(6,26)27)20-18(30-23(4,5)31-20)14-24-21(25)28-15-17-12-10-9-11-13-17/h9-13,18-20H,14-16H2,1-8H3,(H,24,25)/t18-,19-,20+/m1/s1. The number of ether oxygens (including phenoxy) is 3. The maximum absolute atomic E-state index is 12.2. The molecule has 194 valence electrons. The normalized spacial score (nSPS) is 21.8. The van der Waals surface area contributed by atoms with Crippen molar-refractivity contribution in [3.05, 3.63) is 35.9 Å². The summed E-state index contributed by atoms with van der Waals surface area (Å²) in [5.41, 5.74) is 0.863. The minimum Gasteiger partial charge on any atom is -0.445 e. The molecule has 1 saturated heterocycles. The van der Waals surface area contributed by atoms with Crippen molar-refractivity contribution >= 4 is 24.5 Å². The van der Waals surface area contributed by atoms with Crippen molar-refractivity contribution in [1.82, 2.24) is 5.32 Å². The largest absolute Gasteiger partial charge is 0.445 e. The van der Waals surface area contributed by atoms with Crippen LogP contribution in [0.1, 0.15) is 40.2 Å². The summed E-state index contributed by atoms with van der Waals surface area (Å²) in [5, 5.41) is 2.60. The van der Waals surface area contributed by atoms with E-state index < -0.39 is 48.6 Å². The Morgan fingerprint density at radius 3 is 2.35 bits per heavy atom. The molecule has 2 rings (SSSR count). The van der Waals surface area contributed by atoms with E-state index in [1.807, 2.05) is 30.3 Å². The van der Waals surface area contributed by atoms with Gasteiger partial charge >= 0.3 is 6.09 Å². The number of benzene rings is 1. The quantitative estimate of drug-likeness (QED) is 0.369. The molecule has 0 saturated carbocycles. The summed E-state index contributed by atoms with van der Waals surface area (Å²) >= 11 is 0. The van der Waals surface area contributed by atoms with Crippen LogP contribution in [0.2, 0.25) is 18.1 Å². The summed E-state index contributed by atoms with van der Waals surface area (Å²) in [5.74, 6) is -0.999. The Balaban J connectivity index is 2.08. The van der Waals surface area contributed by atoms with Gasteiger partial charge in [0.25, 0.3) is 10.1 Å². The van der Waals surface area contributed by atoms with Gasteiger partial charge in [0.05, 0.1) is 12.9 Å². The van der Waals surface area contributed by atoms with Gasteiger partial charge in [-0.25, -0.2) is 4.79 Å². The highest BCUT2D eigenvalue weighted by molar-refractivity contribution is 7.86. The molecule has 11 heteroatoms. The molecule has 1 aromatic carbocycles.